The van der Waals surface area contributed by atoms with Gasteiger partial charge < -0.3 is 14.9 Å². The molecule has 0 aromatic rings. The van der Waals surface area contributed by atoms with E-state index in [-0.39, 0.29) is 12.2 Å². The minimum atomic E-state index is -0.145. The van der Waals surface area contributed by atoms with Crippen molar-refractivity contribution in [3.63, 3.8) is 0 Å². The first kappa shape index (κ1) is 13.1. The summed E-state index contributed by atoms with van der Waals surface area (Å²) in [5.41, 5.74) is 0. The monoisotopic (exact) mass is 340 g/mol. The number of hydrogen-bond donors (Lipinski definition) is 2. The van der Waals surface area contributed by atoms with Gasteiger partial charge in [-0.3, -0.25) is 0 Å². The van der Waals surface area contributed by atoms with Crippen molar-refractivity contribution in [2.45, 2.75) is 73.3 Å². The maximum atomic E-state index is 9.64. The normalized spacial score (nSPS) is 45.6. The molecule has 3 unspecified atom stereocenters. The fourth-order valence-corrected chi connectivity index (χ4v) is 3.57. The largest absolute Gasteiger partial charge is 0.393 e. The van der Waals surface area contributed by atoms with Crippen LogP contribution in [0.15, 0.2) is 0 Å². The molecule has 0 bridgehead atoms. The molecule has 2 rings (SSSR count). The quantitative estimate of drug-likeness (QED) is 0.597. The smallest absolute Gasteiger partial charge is 0.0659 e. The summed E-state index contributed by atoms with van der Waals surface area (Å²) >= 11 is 2.33. The summed E-state index contributed by atoms with van der Waals surface area (Å²) in [6.45, 7) is 0. The Labute approximate surface area is 111 Å². The molecule has 0 aliphatic heterocycles. The predicted molar refractivity (Wildman–Crippen MR) is 70.8 cm³/mol. The van der Waals surface area contributed by atoms with E-state index < -0.39 is 0 Å². The summed E-state index contributed by atoms with van der Waals surface area (Å²) in [4.78, 5) is 0. The van der Waals surface area contributed by atoms with Crippen LogP contribution in [0.2, 0.25) is 0 Å². The molecule has 4 heteroatoms. The summed E-state index contributed by atoms with van der Waals surface area (Å²) in [6, 6.07) is 0. The number of alkyl halides is 1. The van der Waals surface area contributed by atoms with Crippen LogP contribution in [0.25, 0.3) is 0 Å². The Balaban J connectivity index is 1.73. The van der Waals surface area contributed by atoms with Gasteiger partial charge in [0.15, 0.2) is 0 Å². The van der Waals surface area contributed by atoms with Crippen LogP contribution in [0.4, 0.5) is 0 Å². The molecule has 2 N–H and O–H groups in total. The second-order valence-electron chi connectivity index (χ2n) is 5.09. The van der Waals surface area contributed by atoms with Crippen molar-refractivity contribution >= 4 is 22.6 Å². The molecule has 0 saturated heterocycles. The van der Waals surface area contributed by atoms with Crippen molar-refractivity contribution in [2.75, 3.05) is 0 Å². The first-order valence-electron chi connectivity index (χ1n) is 6.31. The van der Waals surface area contributed by atoms with Crippen LogP contribution in [0.1, 0.15) is 44.9 Å². The van der Waals surface area contributed by atoms with Crippen molar-refractivity contribution in [3.8, 4) is 0 Å². The fraction of sp³-hybridized carbons (Fsp3) is 1.00. The van der Waals surface area contributed by atoms with Gasteiger partial charge in [-0.05, 0) is 44.9 Å². The molecule has 2 saturated carbocycles. The van der Waals surface area contributed by atoms with Gasteiger partial charge in [-0.2, -0.15) is 0 Å². The van der Waals surface area contributed by atoms with Gasteiger partial charge in [-0.1, -0.05) is 22.6 Å². The highest BCUT2D eigenvalue weighted by Crippen LogP contribution is 2.30. The lowest BCUT2D eigenvalue weighted by molar-refractivity contribution is -0.0692. The van der Waals surface area contributed by atoms with Crippen LogP contribution in [0.5, 0.6) is 0 Å². The number of ether oxygens (including phenoxy) is 1. The zero-order valence-electron chi connectivity index (χ0n) is 9.52. The molecule has 3 atom stereocenters. The maximum absolute atomic E-state index is 9.64. The molecule has 0 heterocycles. The molecule has 2 aliphatic rings. The summed E-state index contributed by atoms with van der Waals surface area (Å²) in [5.74, 6) is 0. The maximum Gasteiger partial charge on any atom is 0.0659 e. The second kappa shape index (κ2) is 5.98. The lowest BCUT2D eigenvalue weighted by atomic mass is 9.92. The number of halogens is 1. The van der Waals surface area contributed by atoms with E-state index in [2.05, 4.69) is 22.6 Å². The number of aliphatic hydroxyl groups is 2. The van der Waals surface area contributed by atoms with Crippen LogP contribution in [-0.4, -0.2) is 38.6 Å². The molecule has 16 heavy (non-hydrogen) atoms. The van der Waals surface area contributed by atoms with Crippen molar-refractivity contribution in [1.29, 1.82) is 0 Å². The average molecular weight is 340 g/mol. The van der Waals surface area contributed by atoms with E-state index in [1.807, 2.05) is 0 Å². The zero-order valence-corrected chi connectivity index (χ0v) is 11.7. The van der Waals surface area contributed by atoms with Gasteiger partial charge in [0.2, 0.25) is 0 Å². The molecule has 0 aromatic carbocycles. The van der Waals surface area contributed by atoms with Crippen molar-refractivity contribution in [3.05, 3.63) is 0 Å². The highest BCUT2D eigenvalue weighted by Gasteiger charge is 2.30. The summed E-state index contributed by atoms with van der Waals surface area (Å²) < 4.78 is 6.41. The molecular formula is C12H21IO3. The summed E-state index contributed by atoms with van der Waals surface area (Å²) in [7, 11) is 0. The Bertz CT molecular complexity index is 216. The van der Waals surface area contributed by atoms with Crippen molar-refractivity contribution in [2.24, 2.45) is 0 Å². The minimum absolute atomic E-state index is 0.106. The van der Waals surface area contributed by atoms with Gasteiger partial charge >= 0.3 is 0 Å². The highest BCUT2D eigenvalue weighted by molar-refractivity contribution is 14.1. The fourth-order valence-electron chi connectivity index (χ4n) is 2.64. The first-order chi connectivity index (χ1) is 7.65. The average Bonchev–Trinajstić information content (AvgIpc) is 2.27. The van der Waals surface area contributed by atoms with E-state index in [0.29, 0.717) is 16.1 Å². The van der Waals surface area contributed by atoms with Gasteiger partial charge in [0, 0.05) is 3.92 Å². The number of hydrogen-bond acceptors (Lipinski definition) is 3. The Morgan fingerprint density at radius 1 is 0.875 bits per heavy atom. The van der Waals surface area contributed by atoms with Gasteiger partial charge in [-0.15, -0.1) is 0 Å². The molecule has 2 aliphatic carbocycles. The SMILES string of the molecule is OC1CCC(OC2CCC(O)C(I)C2)CC1. The van der Waals surface area contributed by atoms with Gasteiger partial charge in [0.25, 0.3) is 0 Å². The Hall–Kier alpha value is 0.610. The van der Waals surface area contributed by atoms with E-state index in [4.69, 9.17) is 4.74 Å². The van der Waals surface area contributed by atoms with E-state index in [1.54, 1.807) is 0 Å². The highest BCUT2D eigenvalue weighted by atomic mass is 127. The zero-order chi connectivity index (χ0) is 11.5. The second-order valence-corrected chi connectivity index (χ2v) is 6.68. The van der Waals surface area contributed by atoms with E-state index in [0.717, 1.165) is 44.9 Å². The third-order valence-electron chi connectivity index (χ3n) is 3.72. The standard InChI is InChI=1S/C12H21IO3/c13-11-7-10(5-6-12(11)15)16-9-3-1-8(14)2-4-9/h8-12,14-15H,1-7H2. The van der Waals surface area contributed by atoms with Crippen LogP contribution >= 0.6 is 22.6 Å². The lowest BCUT2D eigenvalue weighted by Crippen LogP contribution is -2.36. The molecular weight excluding hydrogens is 319 g/mol. The Morgan fingerprint density at radius 3 is 2.12 bits per heavy atom. The van der Waals surface area contributed by atoms with Crippen LogP contribution in [0.3, 0.4) is 0 Å². The van der Waals surface area contributed by atoms with E-state index >= 15 is 0 Å². The molecule has 0 amide bonds. The molecule has 94 valence electrons. The lowest BCUT2D eigenvalue weighted by Gasteiger charge is -2.34. The van der Waals surface area contributed by atoms with E-state index in [9.17, 15) is 10.2 Å². The molecule has 0 radical (unpaired) electrons. The molecule has 2 fully saturated rings. The number of rotatable bonds is 2. The minimum Gasteiger partial charge on any atom is -0.393 e. The van der Waals surface area contributed by atoms with Gasteiger partial charge in [0.1, 0.15) is 0 Å². The molecule has 0 spiro atoms. The van der Waals surface area contributed by atoms with Gasteiger partial charge in [-0.25, -0.2) is 0 Å². The predicted octanol–water partition coefficient (Wildman–Crippen LogP) is 2.02. The number of aliphatic hydroxyl groups excluding tert-OH is 2. The topological polar surface area (TPSA) is 49.7 Å². The Morgan fingerprint density at radius 2 is 1.50 bits per heavy atom. The Kier molecular flexibility index (Phi) is 4.88. The van der Waals surface area contributed by atoms with Crippen LogP contribution < -0.4 is 0 Å². The first-order valence-corrected chi connectivity index (χ1v) is 7.55. The summed E-state index contributed by atoms with van der Waals surface area (Å²) in [5, 5.41) is 19.1. The van der Waals surface area contributed by atoms with Crippen LogP contribution in [-0.2, 0) is 4.74 Å². The molecule has 3 nitrogen and oxygen atoms in total. The third kappa shape index (κ3) is 3.55. The molecule has 0 aromatic heterocycles. The summed E-state index contributed by atoms with van der Waals surface area (Å²) in [6.07, 6.45) is 6.99. The van der Waals surface area contributed by atoms with Crippen molar-refractivity contribution in [1.82, 2.24) is 0 Å². The van der Waals surface area contributed by atoms with E-state index in [1.165, 1.54) is 0 Å². The third-order valence-corrected chi connectivity index (χ3v) is 5.06. The van der Waals surface area contributed by atoms with Crippen molar-refractivity contribution < 1.29 is 14.9 Å². The van der Waals surface area contributed by atoms with Gasteiger partial charge in [0.05, 0.1) is 24.4 Å². The van der Waals surface area contributed by atoms with Crippen LogP contribution in [0, 0.1) is 0 Å².